The number of methoxy groups -OCH3 is 1. The molecule has 1 atom stereocenters. The molecule has 156 valence electrons. The lowest BCUT2D eigenvalue weighted by atomic mass is 10.1. The fraction of sp³-hybridized carbons (Fsp3) is 0.391. The molecular weight excluding hydrogens is 368 g/mol. The van der Waals surface area contributed by atoms with Crippen molar-refractivity contribution in [1.29, 1.82) is 0 Å². The number of hydrogen-bond donors (Lipinski definition) is 1. The number of carbonyl (C=O) groups excluding carboxylic acids is 2. The minimum Gasteiger partial charge on any atom is -0.497 e. The molecule has 0 aliphatic carbocycles. The molecule has 0 spiro atoms. The van der Waals surface area contributed by atoms with Gasteiger partial charge in [0.25, 0.3) is 5.91 Å². The third-order valence-corrected chi connectivity index (χ3v) is 4.53. The highest BCUT2D eigenvalue weighted by molar-refractivity contribution is 5.88. The summed E-state index contributed by atoms with van der Waals surface area (Å²) in [6.07, 6.45) is 1.35. The predicted molar refractivity (Wildman–Crippen MR) is 113 cm³/mol. The van der Waals surface area contributed by atoms with Crippen molar-refractivity contribution >= 4 is 11.8 Å². The van der Waals surface area contributed by atoms with Crippen molar-refractivity contribution in [1.82, 2.24) is 10.2 Å². The molecule has 0 heterocycles. The summed E-state index contributed by atoms with van der Waals surface area (Å²) >= 11 is 0. The fourth-order valence-corrected chi connectivity index (χ4v) is 3.00. The Morgan fingerprint density at radius 3 is 2.41 bits per heavy atom. The van der Waals surface area contributed by atoms with Crippen LogP contribution in [-0.4, -0.2) is 43.0 Å². The Labute approximate surface area is 172 Å². The largest absolute Gasteiger partial charge is 0.497 e. The number of hydrogen-bond acceptors (Lipinski definition) is 4. The van der Waals surface area contributed by atoms with Crippen LogP contribution in [0, 0.1) is 0 Å². The van der Waals surface area contributed by atoms with Gasteiger partial charge in [-0.05, 0) is 42.7 Å². The smallest absolute Gasteiger partial charge is 0.261 e. The molecule has 0 aromatic heterocycles. The summed E-state index contributed by atoms with van der Waals surface area (Å²) in [5.74, 6) is 0.935. The van der Waals surface area contributed by atoms with E-state index in [1.807, 2.05) is 56.3 Å². The van der Waals surface area contributed by atoms with Crippen molar-refractivity contribution in [3.63, 3.8) is 0 Å². The van der Waals surface area contributed by atoms with Crippen LogP contribution in [0.5, 0.6) is 11.5 Å². The lowest BCUT2D eigenvalue weighted by Crippen LogP contribution is -2.50. The quantitative estimate of drug-likeness (QED) is 0.630. The minimum absolute atomic E-state index is 0.133. The van der Waals surface area contributed by atoms with Crippen molar-refractivity contribution in [2.24, 2.45) is 0 Å². The highest BCUT2D eigenvalue weighted by Crippen LogP contribution is 2.18. The maximum Gasteiger partial charge on any atom is 0.261 e. The molecule has 0 bridgehead atoms. The summed E-state index contributed by atoms with van der Waals surface area (Å²) in [5, 5.41) is 2.90. The predicted octanol–water partition coefficient (Wildman–Crippen LogP) is 3.41. The van der Waals surface area contributed by atoms with Crippen molar-refractivity contribution < 1.29 is 19.1 Å². The van der Waals surface area contributed by atoms with E-state index >= 15 is 0 Å². The van der Waals surface area contributed by atoms with Gasteiger partial charge in [-0.25, -0.2) is 0 Å². The second-order valence-electron chi connectivity index (χ2n) is 6.69. The average molecular weight is 399 g/mol. The Morgan fingerprint density at radius 1 is 1.03 bits per heavy atom. The van der Waals surface area contributed by atoms with Gasteiger partial charge in [0.05, 0.1) is 7.11 Å². The van der Waals surface area contributed by atoms with Crippen molar-refractivity contribution in [3.05, 3.63) is 60.2 Å². The van der Waals surface area contributed by atoms with Gasteiger partial charge in [-0.15, -0.1) is 0 Å². The van der Waals surface area contributed by atoms with Gasteiger partial charge in [-0.1, -0.05) is 44.2 Å². The number of nitrogens with zero attached hydrogens (tertiary/aromatic N) is 1. The second-order valence-corrected chi connectivity index (χ2v) is 6.69. The third kappa shape index (κ3) is 6.82. The van der Waals surface area contributed by atoms with Crippen molar-refractivity contribution in [3.8, 4) is 11.5 Å². The van der Waals surface area contributed by atoms with E-state index in [2.05, 4.69) is 5.32 Å². The molecule has 0 aliphatic rings. The van der Waals surface area contributed by atoms with Crippen molar-refractivity contribution in [2.45, 2.75) is 39.3 Å². The van der Waals surface area contributed by atoms with Crippen LogP contribution >= 0.6 is 0 Å². The molecule has 2 rings (SSSR count). The topological polar surface area (TPSA) is 67.9 Å². The molecule has 6 heteroatoms. The van der Waals surface area contributed by atoms with E-state index < -0.39 is 6.04 Å². The molecule has 0 saturated heterocycles. The van der Waals surface area contributed by atoms with Gasteiger partial charge in [0.1, 0.15) is 17.5 Å². The van der Waals surface area contributed by atoms with Crippen LogP contribution in [0.1, 0.15) is 32.3 Å². The van der Waals surface area contributed by atoms with E-state index in [-0.39, 0.29) is 18.4 Å². The Kier molecular flexibility index (Phi) is 9.02. The first kappa shape index (κ1) is 22.3. The SMILES string of the molecule is CCCNC(=O)[C@@H](CC)N(Cc1cccc(OC)c1)C(=O)COc1ccccc1. The highest BCUT2D eigenvalue weighted by Gasteiger charge is 2.28. The first-order valence-electron chi connectivity index (χ1n) is 9.97. The summed E-state index contributed by atoms with van der Waals surface area (Å²) in [6.45, 7) is 4.64. The number of rotatable bonds is 11. The van der Waals surface area contributed by atoms with Crippen LogP contribution in [0.15, 0.2) is 54.6 Å². The number of ether oxygens (including phenoxy) is 2. The first-order valence-corrected chi connectivity index (χ1v) is 9.97. The van der Waals surface area contributed by atoms with Gasteiger partial charge >= 0.3 is 0 Å². The molecule has 2 aromatic rings. The highest BCUT2D eigenvalue weighted by atomic mass is 16.5. The second kappa shape index (κ2) is 11.7. The molecular formula is C23H30N2O4. The van der Waals surface area contributed by atoms with Crippen LogP contribution < -0.4 is 14.8 Å². The molecule has 0 aliphatic heterocycles. The minimum atomic E-state index is -0.570. The van der Waals surface area contributed by atoms with Crippen LogP contribution in [0.4, 0.5) is 0 Å². The van der Waals surface area contributed by atoms with E-state index in [0.29, 0.717) is 31.0 Å². The zero-order valence-corrected chi connectivity index (χ0v) is 17.4. The number of benzene rings is 2. The van der Waals surface area contributed by atoms with Crippen molar-refractivity contribution in [2.75, 3.05) is 20.3 Å². The van der Waals surface area contributed by atoms with Crippen LogP contribution in [-0.2, 0) is 16.1 Å². The fourth-order valence-electron chi connectivity index (χ4n) is 3.00. The maximum absolute atomic E-state index is 13.0. The van der Waals surface area contributed by atoms with E-state index in [0.717, 1.165) is 12.0 Å². The van der Waals surface area contributed by atoms with E-state index in [9.17, 15) is 9.59 Å². The zero-order chi connectivity index (χ0) is 21.1. The van der Waals surface area contributed by atoms with Gasteiger partial charge in [-0.2, -0.15) is 0 Å². The Morgan fingerprint density at radius 2 is 1.76 bits per heavy atom. The summed E-state index contributed by atoms with van der Waals surface area (Å²) in [4.78, 5) is 27.3. The molecule has 0 radical (unpaired) electrons. The average Bonchev–Trinajstić information content (AvgIpc) is 2.76. The molecule has 29 heavy (non-hydrogen) atoms. The van der Waals surface area contributed by atoms with Gasteiger partial charge in [0.15, 0.2) is 6.61 Å². The lowest BCUT2D eigenvalue weighted by molar-refractivity contribution is -0.143. The number of nitrogens with one attached hydrogen (secondary N) is 1. The molecule has 2 aromatic carbocycles. The summed E-state index contributed by atoms with van der Waals surface area (Å²) in [5.41, 5.74) is 0.888. The molecule has 2 amide bonds. The standard InChI is InChI=1S/C23H30N2O4/c1-4-14-24-23(27)21(5-2)25(16-18-10-9-13-20(15-18)28-3)22(26)17-29-19-11-7-6-8-12-19/h6-13,15,21H,4-5,14,16-17H2,1-3H3,(H,24,27)/t21-/m1/s1. The van der Waals surface area contributed by atoms with E-state index in [1.54, 1.807) is 24.1 Å². The first-order chi connectivity index (χ1) is 14.1. The van der Waals surface area contributed by atoms with Crippen LogP contribution in [0.3, 0.4) is 0 Å². The summed E-state index contributed by atoms with van der Waals surface area (Å²) in [6, 6.07) is 16.1. The lowest BCUT2D eigenvalue weighted by Gasteiger charge is -2.30. The Balaban J connectivity index is 2.19. The van der Waals surface area contributed by atoms with Gasteiger partial charge in [-0.3, -0.25) is 9.59 Å². The van der Waals surface area contributed by atoms with Crippen LogP contribution in [0.2, 0.25) is 0 Å². The zero-order valence-electron chi connectivity index (χ0n) is 17.4. The molecule has 6 nitrogen and oxygen atoms in total. The van der Waals surface area contributed by atoms with Crippen LogP contribution in [0.25, 0.3) is 0 Å². The monoisotopic (exact) mass is 398 g/mol. The van der Waals surface area contributed by atoms with E-state index in [1.165, 1.54) is 0 Å². The normalized spacial score (nSPS) is 11.4. The maximum atomic E-state index is 13.0. The van der Waals surface area contributed by atoms with Gasteiger partial charge in [0, 0.05) is 13.1 Å². The molecule has 0 fully saturated rings. The molecule has 1 N–H and O–H groups in total. The summed E-state index contributed by atoms with van der Waals surface area (Å²) < 4.78 is 10.9. The van der Waals surface area contributed by atoms with Gasteiger partial charge < -0.3 is 19.7 Å². The number of amides is 2. The van der Waals surface area contributed by atoms with Gasteiger partial charge in [0.2, 0.25) is 5.91 Å². The number of carbonyl (C=O) groups is 2. The number of para-hydroxylation sites is 1. The van der Waals surface area contributed by atoms with E-state index in [4.69, 9.17) is 9.47 Å². The Hall–Kier alpha value is -3.02. The summed E-state index contributed by atoms with van der Waals surface area (Å²) in [7, 11) is 1.60. The Bertz CT molecular complexity index is 779. The third-order valence-electron chi connectivity index (χ3n) is 4.53. The molecule has 0 saturated carbocycles. The molecule has 0 unspecified atom stereocenters.